The highest BCUT2D eigenvalue weighted by molar-refractivity contribution is 6.43. The van der Waals surface area contributed by atoms with Crippen molar-refractivity contribution in [2.24, 2.45) is 4.99 Å². The van der Waals surface area contributed by atoms with Crippen LogP contribution in [0.25, 0.3) is 0 Å². The molecule has 2 atom stereocenters. The van der Waals surface area contributed by atoms with Gasteiger partial charge in [-0.3, -0.25) is 4.99 Å². The molecule has 150 valence electrons. The molecule has 0 bridgehead atoms. The summed E-state index contributed by atoms with van der Waals surface area (Å²) in [6.45, 7) is 0. The van der Waals surface area contributed by atoms with Crippen molar-refractivity contribution in [3.05, 3.63) is 88.6 Å². The Balaban J connectivity index is 1.80. The Morgan fingerprint density at radius 1 is 1.03 bits per heavy atom. The number of amidine groups is 1. The first kappa shape index (κ1) is 19.6. The normalized spacial score (nSPS) is 21.7. The van der Waals surface area contributed by atoms with Crippen molar-refractivity contribution in [3.63, 3.8) is 0 Å². The zero-order valence-corrected chi connectivity index (χ0v) is 16.3. The molecule has 0 amide bonds. The van der Waals surface area contributed by atoms with Crippen molar-refractivity contribution in [3.8, 4) is 5.75 Å². The molecule has 2 heterocycles. The van der Waals surface area contributed by atoms with E-state index in [-0.39, 0.29) is 17.1 Å². The largest absolute Gasteiger partial charge is 0.497 e. The Hall–Kier alpha value is -2.73. The van der Waals surface area contributed by atoms with Gasteiger partial charge >= 0.3 is 6.18 Å². The number of halogens is 4. The van der Waals surface area contributed by atoms with E-state index < -0.39 is 11.7 Å². The minimum atomic E-state index is -4.49. The zero-order chi connectivity index (χ0) is 20.6. The van der Waals surface area contributed by atoms with Gasteiger partial charge in [0.15, 0.2) is 0 Å². The van der Waals surface area contributed by atoms with E-state index in [1.165, 1.54) is 4.90 Å². The quantitative estimate of drug-likeness (QED) is 0.596. The second kappa shape index (κ2) is 7.59. The fourth-order valence-corrected chi connectivity index (χ4v) is 3.89. The number of fused-ring (bicyclic) bond motifs is 1. The van der Waals surface area contributed by atoms with Gasteiger partial charge in [0.2, 0.25) is 0 Å². The Morgan fingerprint density at radius 3 is 2.34 bits per heavy atom. The van der Waals surface area contributed by atoms with E-state index in [4.69, 9.17) is 16.3 Å². The number of aliphatic imine (C=N–C) groups is 1. The molecule has 2 aromatic carbocycles. The predicted octanol–water partition coefficient (Wildman–Crippen LogP) is 6.16. The van der Waals surface area contributed by atoms with Crippen LogP contribution in [0.2, 0.25) is 0 Å². The Morgan fingerprint density at radius 2 is 1.72 bits per heavy atom. The number of hydrogen-bond acceptors (Lipinski definition) is 3. The molecule has 0 spiro atoms. The lowest BCUT2D eigenvalue weighted by Gasteiger charge is -2.40. The summed E-state index contributed by atoms with van der Waals surface area (Å²) >= 11 is 6.27. The molecule has 4 rings (SSSR count). The van der Waals surface area contributed by atoms with Gasteiger partial charge in [0.1, 0.15) is 11.6 Å². The maximum Gasteiger partial charge on any atom is 0.417 e. The molecule has 2 aliphatic rings. The van der Waals surface area contributed by atoms with E-state index in [0.717, 1.165) is 23.4 Å². The first-order chi connectivity index (χ1) is 13.9. The van der Waals surface area contributed by atoms with E-state index in [1.54, 1.807) is 19.2 Å². The summed E-state index contributed by atoms with van der Waals surface area (Å²) in [5, 5.41) is -0.0148. The minimum Gasteiger partial charge on any atom is -0.497 e. The molecule has 0 radical (unpaired) electrons. The maximum absolute atomic E-state index is 13.4. The fourth-order valence-electron chi connectivity index (χ4n) is 3.63. The second-order valence-electron chi connectivity index (χ2n) is 6.89. The van der Waals surface area contributed by atoms with E-state index in [0.29, 0.717) is 18.0 Å². The summed E-state index contributed by atoms with van der Waals surface area (Å²) in [7, 11) is 1.57. The van der Waals surface area contributed by atoms with E-state index in [1.807, 2.05) is 42.5 Å². The highest BCUT2D eigenvalue weighted by atomic mass is 35.5. The lowest BCUT2D eigenvalue weighted by atomic mass is 9.91. The van der Waals surface area contributed by atoms with Crippen LogP contribution in [0.3, 0.4) is 0 Å². The lowest BCUT2D eigenvalue weighted by Crippen LogP contribution is -2.38. The third-order valence-corrected chi connectivity index (χ3v) is 5.37. The highest BCUT2D eigenvalue weighted by Gasteiger charge is 2.40. The highest BCUT2D eigenvalue weighted by Crippen LogP contribution is 2.43. The van der Waals surface area contributed by atoms with Crippen LogP contribution in [-0.2, 0) is 0 Å². The zero-order valence-electron chi connectivity index (χ0n) is 15.5. The van der Waals surface area contributed by atoms with Crippen LogP contribution in [0.4, 0.5) is 13.2 Å². The van der Waals surface area contributed by atoms with Gasteiger partial charge in [0, 0.05) is 6.20 Å². The Kier molecular flexibility index (Phi) is 5.13. The van der Waals surface area contributed by atoms with Crippen molar-refractivity contribution in [2.45, 2.75) is 24.7 Å². The monoisotopic (exact) mass is 418 g/mol. The maximum atomic E-state index is 13.4. The van der Waals surface area contributed by atoms with E-state index in [2.05, 4.69) is 4.99 Å². The van der Waals surface area contributed by atoms with Crippen molar-refractivity contribution in [1.82, 2.24) is 4.90 Å². The van der Waals surface area contributed by atoms with E-state index in [9.17, 15) is 13.2 Å². The van der Waals surface area contributed by atoms with Gasteiger partial charge in [-0.05, 0) is 35.8 Å². The minimum absolute atomic E-state index is 0.0148. The van der Waals surface area contributed by atoms with Crippen LogP contribution >= 0.6 is 11.6 Å². The third-order valence-electron chi connectivity index (χ3n) is 5.09. The third kappa shape index (κ3) is 3.90. The molecule has 0 N–H and O–H groups in total. The molecule has 2 unspecified atom stereocenters. The number of hydrogen-bond donors (Lipinski definition) is 0. The SMILES string of the molecule is COc1ccc(C2CC(c3ccccc3)N=C3C(Cl)=CC(C(F)(F)F)=CN32)cc1. The van der Waals surface area contributed by atoms with Gasteiger partial charge in [-0.25, -0.2) is 0 Å². The molecule has 3 nitrogen and oxygen atoms in total. The van der Waals surface area contributed by atoms with Crippen LogP contribution in [0.5, 0.6) is 5.75 Å². The van der Waals surface area contributed by atoms with Crippen LogP contribution in [-0.4, -0.2) is 24.0 Å². The fraction of sp³-hybridized carbons (Fsp3) is 0.227. The lowest BCUT2D eigenvalue weighted by molar-refractivity contribution is -0.0893. The molecule has 0 saturated heterocycles. The van der Waals surface area contributed by atoms with Crippen LogP contribution < -0.4 is 4.74 Å². The molecular formula is C22H18ClF3N2O. The van der Waals surface area contributed by atoms with E-state index >= 15 is 0 Å². The van der Waals surface area contributed by atoms with Crippen LogP contribution in [0.15, 0.2) is 82.5 Å². The topological polar surface area (TPSA) is 24.8 Å². The predicted molar refractivity (Wildman–Crippen MR) is 107 cm³/mol. The van der Waals surface area contributed by atoms with Gasteiger partial charge in [-0.1, -0.05) is 54.1 Å². The number of rotatable bonds is 3. The molecule has 0 fully saturated rings. The van der Waals surface area contributed by atoms with Gasteiger partial charge in [-0.2, -0.15) is 13.2 Å². The smallest absolute Gasteiger partial charge is 0.417 e. The van der Waals surface area contributed by atoms with Crippen LogP contribution in [0, 0.1) is 0 Å². The molecule has 2 aliphatic heterocycles. The number of benzene rings is 2. The summed E-state index contributed by atoms with van der Waals surface area (Å²) in [5.74, 6) is 1.03. The van der Waals surface area contributed by atoms with Crippen molar-refractivity contribution < 1.29 is 17.9 Å². The van der Waals surface area contributed by atoms with Gasteiger partial charge in [0.25, 0.3) is 0 Å². The summed E-state index contributed by atoms with van der Waals surface area (Å²) in [5.41, 5.74) is 1.06. The summed E-state index contributed by atoms with van der Waals surface area (Å²) < 4.78 is 45.4. The molecular weight excluding hydrogens is 401 g/mol. The van der Waals surface area contributed by atoms with Gasteiger partial charge in [0.05, 0.1) is 29.8 Å². The number of nitrogens with zero attached hydrogens (tertiary/aromatic N) is 2. The number of ether oxygens (including phenoxy) is 1. The van der Waals surface area contributed by atoms with Gasteiger partial charge in [-0.15, -0.1) is 0 Å². The molecule has 2 aromatic rings. The first-order valence-electron chi connectivity index (χ1n) is 9.08. The Labute approximate surface area is 171 Å². The standard InChI is InChI=1S/C22H18ClF3N2O/c1-29-17-9-7-15(8-10-17)20-12-19(14-5-3-2-4-6-14)27-21-18(23)11-16(13-28(20)21)22(24,25)26/h2-11,13,19-20H,12H2,1H3. The molecule has 0 aliphatic carbocycles. The van der Waals surface area contributed by atoms with Gasteiger partial charge < -0.3 is 9.64 Å². The summed E-state index contributed by atoms with van der Waals surface area (Å²) in [6, 6.07) is 16.5. The summed E-state index contributed by atoms with van der Waals surface area (Å²) in [4.78, 5) is 6.22. The number of alkyl halides is 3. The molecule has 7 heteroatoms. The number of allylic oxidation sites excluding steroid dienone is 2. The first-order valence-corrected chi connectivity index (χ1v) is 9.46. The Bertz CT molecular complexity index is 981. The molecule has 29 heavy (non-hydrogen) atoms. The average Bonchev–Trinajstić information content (AvgIpc) is 2.73. The summed E-state index contributed by atoms with van der Waals surface area (Å²) in [6.07, 6.45) is -1.94. The second-order valence-corrected chi connectivity index (χ2v) is 7.29. The molecule has 0 aromatic heterocycles. The van der Waals surface area contributed by atoms with Crippen LogP contribution in [0.1, 0.15) is 29.6 Å². The average molecular weight is 419 g/mol. The number of methoxy groups -OCH3 is 1. The molecule has 0 saturated carbocycles. The van der Waals surface area contributed by atoms with Crippen molar-refractivity contribution >= 4 is 17.4 Å². The van der Waals surface area contributed by atoms with Crippen molar-refractivity contribution in [2.75, 3.05) is 7.11 Å². The van der Waals surface area contributed by atoms with Crippen molar-refractivity contribution in [1.29, 1.82) is 0 Å².